The van der Waals surface area contributed by atoms with Crippen molar-refractivity contribution in [2.75, 3.05) is 17.3 Å². The van der Waals surface area contributed by atoms with Gasteiger partial charge in [-0.2, -0.15) is 18.2 Å². The molecule has 1 aromatic heterocycles. The molecule has 0 radical (unpaired) electrons. The lowest BCUT2D eigenvalue weighted by Crippen LogP contribution is -2.35. The van der Waals surface area contributed by atoms with Gasteiger partial charge in [0.05, 0.1) is 6.54 Å². The molecule has 10 heteroatoms. The van der Waals surface area contributed by atoms with Gasteiger partial charge in [0.1, 0.15) is 5.82 Å². The minimum absolute atomic E-state index is 0.0679. The molecule has 0 aliphatic heterocycles. The van der Waals surface area contributed by atoms with Crippen LogP contribution in [0.15, 0.2) is 6.07 Å². The maximum atomic E-state index is 12.6. The number of halogens is 3. The smallest absolute Gasteiger partial charge is 0.361 e. The molecular formula is C10H15F3N6O. The molecule has 5 N–H and O–H groups in total. The number of anilines is 2. The van der Waals surface area contributed by atoms with Crippen molar-refractivity contribution < 1.29 is 18.0 Å². The number of nitrogens with one attached hydrogen (secondary N) is 3. The van der Waals surface area contributed by atoms with Crippen LogP contribution >= 0.6 is 0 Å². The Bertz CT molecular complexity index is 477. The second kappa shape index (κ2) is 6.37. The van der Waals surface area contributed by atoms with Crippen molar-refractivity contribution in [1.82, 2.24) is 15.3 Å². The number of alkyl halides is 3. The van der Waals surface area contributed by atoms with Gasteiger partial charge in [-0.05, 0) is 13.8 Å². The van der Waals surface area contributed by atoms with Crippen LogP contribution in [0.2, 0.25) is 0 Å². The van der Waals surface area contributed by atoms with E-state index in [4.69, 9.17) is 5.84 Å². The largest absolute Gasteiger partial charge is 0.433 e. The molecule has 0 aliphatic carbocycles. The van der Waals surface area contributed by atoms with Crippen molar-refractivity contribution in [3.05, 3.63) is 11.8 Å². The zero-order valence-corrected chi connectivity index (χ0v) is 10.9. The van der Waals surface area contributed by atoms with Crippen molar-refractivity contribution in [1.29, 1.82) is 0 Å². The molecule has 1 heterocycles. The Balaban J connectivity index is 2.82. The average molecular weight is 292 g/mol. The van der Waals surface area contributed by atoms with E-state index in [0.29, 0.717) is 6.07 Å². The van der Waals surface area contributed by atoms with Crippen LogP contribution in [-0.4, -0.2) is 28.5 Å². The molecule has 0 spiro atoms. The maximum absolute atomic E-state index is 12.6. The van der Waals surface area contributed by atoms with Gasteiger partial charge in [-0.15, -0.1) is 0 Å². The average Bonchev–Trinajstić information content (AvgIpc) is 2.34. The molecule has 0 aliphatic rings. The molecule has 1 aromatic rings. The van der Waals surface area contributed by atoms with Crippen molar-refractivity contribution in [2.45, 2.75) is 26.1 Å². The quantitative estimate of drug-likeness (QED) is 0.471. The number of nitrogen functional groups attached to an aromatic ring is 1. The van der Waals surface area contributed by atoms with E-state index in [0.717, 1.165) is 0 Å². The number of hydrogen-bond acceptors (Lipinski definition) is 6. The zero-order chi connectivity index (χ0) is 15.3. The normalized spacial score (nSPS) is 11.3. The summed E-state index contributed by atoms with van der Waals surface area (Å²) in [5.41, 5.74) is 0.777. The first kappa shape index (κ1) is 16.0. The summed E-state index contributed by atoms with van der Waals surface area (Å²) in [5, 5.41) is 5.06. The highest BCUT2D eigenvalue weighted by Gasteiger charge is 2.33. The molecule has 112 valence electrons. The third kappa shape index (κ3) is 4.88. The van der Waals surface area contributed by atoms with Gasteiger partial charge in [0.15, 0.2) is 5.69 Å². The minimum Gasteiger partial charge on any atom is -0.361 e. The standard InChI is InChI=1S/C10H15F3N6O/c1-5(2)16-8(20)4-15-7-3-6(10(11,12)13)17-9(18-7)19-14/h3,5H,4,14H2,1-2H3,(H,16,20)(H2,15,17,18,19). The molecule has 1 rings (SSSR count). The fraction of sp³-hybridized carbons (Fsp3) is 0.500. The molecule has 0 aromatic carbocycles. The Hall–Kier alpha value is -2.10. The van der Waals surface area contributed by atoms with Crippen LogP contribution in [0.25, 0.3) is 0 Å². The molecule has 0 fully saturated rings. The van der Waals surface area contributed by atoms with Crippen molar-refractivity contribution in [2.24, 2.45) is 5.84 Å². The molecule has 20 heavy (non-hydrogen) atoms. The predicted octanol–water partition coefficient (Wildman–Crippen LogP) is 0.717. The maximum Gasteiger partial charge on any atom is 0.433 e. The van der Waals surface area contributed by atoms with Crippen molar-refractivity contribution in [3.63, 3.8) is 0 Å². The van der Waals surface area contributed by atoms with E-state index in [9.17, 15) is 18.0 Å². The van der Waals surface area contributed by atoms with Gasteiger partial charge < -0.3 is 10.6 Å². The van der Waals surface area contributed by atoms with E-state index in [1.807, 2.05) is 5.43 Å². The number of amides is 1. The number of rotatable bonds is 5. The monoisotopic (exact) mass is 292 g/mol. The molecule has 1 amide bonds. The van der Waals surface area contributed by atoms with Crippen LogP contribution in [0.5, 0.6) is 0 Å². The van der Waals surface area contributed by atoms with Gasteiger partial charge >= 0.3 is 6.18 Å². The lowest BCUT2D eigenvalue weighted by molar-refractivity contribution is -0.141. The summed E-state index contributed by atoms with van der Waals surface area (Å²) in [6.07, 6.45) is -4.63. The SMILES string of the molecule is CC(C)NC(=O)CNc1cc(C(F)(F)F)nc(NN)n1. The number of carbonyl (C=O) groups is 1. The van der Waals surface area contributed by atoms with Gasteiger partial charge in [-0.25, -0.2) is 10.8 Å². The predicted molar refractivity (Wildman–Crippen MR) is 66.6 cm³/mol. The highest BCUT2D eigenvalue weighted by molar-refractivity contribution is 5.80. The van der Waals surface area contributed by atoms with Crippen molar-refractivity contribution in [3.8, 4) is 0 Å². The van der Waals surface area contributed by atoms with E-state index in [2.05, 4.69) is 20.6 Å². The summed E-state index contributed by atoms with van der Waals surface area (Å²) in [5.74, 6) is 4.09. The molecule has 0 saturated carbocycles. The summed E-state index contributed by atoms with van der Waals surface area (Å²) < 4.78 is 37.8. The highest BCUT2D eigenvalue weighted by atomic mass is 19.4. The second-order valence-corrected chi connectivity index (χ2v) is 4.18. The van der Waals surface area contributed by atoms with Gasteiger partial charge in [0.25, 0.3) is 0 Å². The summed E-state index contributed by atoms with van der Waals surface area (Å²) in [6, 6.07) is 0.630. The Morgan fingerprint density at radius 3 is 2.55 bits per heavy atom. The fourth-order valence-electron chi connectivity index (χ4n) is 1.29. The lowest BCUT2D eigenvalue weighted by Gasteiger charge is -2.12. The number of aromatic nitrogens is 2. The first-order valence-electron chi connectivity index (χ1n) is 5.68. The number of hydrogen-bond donors (Lipinski definition) is 4. The number of hydrazine groups is 1. The van der Waals surface area contributed by atoms with Crippen molar-refractivity contribution >= 4 is 17.7 Å². The Morgan fingerprint density at radius 1 is 1.40 bits per heavy atom. The van der Waals surface area contributed by atoms with Crippen LogP contribution in [-0.2, 0) is 11.0 Å². The van der Waals surface area contributed by atoms with Gasteiger partial charge in [-0.3, -0.25) is 10.2 Å². The Labute approximate surface area is 113 Å². The van der Waals surface area contributed by atoms with E-state index < -0.39 is 17.8 Å². The van der Waals surface area contributed by atoms with E-state index in [1.54, 1.807) is 13.8 Å². The van der Waals surface area contributed by atoms with Crippen LogP contribution in [0.1, 0.15) is 19.5 Å². The van der Waals surface area contributed by atoms with Gasteiger partial charge in [0.2, 0.25) is 11.9 Å². The third-order valence-corrected chi connectivity index (χ3v) is 2.03. The third-order valence-electron chi connectivity index (χ3n) is 2.03. The van der Waals surface area contributed by atoms with Gasteiger partial charge in [-0.1, -0.05) is 0 Å². The summed E-state index contributed by atoms with van der Waals surface area (Å²) in [7, 11) is 0. The van der Waals surface area contributed by atoms with E-state index >= 15 is 0 Å². The summed E-state index contributed by atoms with van der Waals surface area (Å²) in [4.78, 5) is 18.2. The van der Waals surface area contributed by atoms with E-state index in [-0.39, 0.29) is 24.3 Å². The molecule has 0 bridgehead atoms. The lowest BCUT2D eigenvalue weighted by atomic mass is 10.3. The molecule has 0 atom stereocenters. The second-order valence-electron chi connectivity index (χ2n) is 4.18. The highest BCUT2D eigenvalue weighted by Crippen LogP contribution is 2.29. The molecule has 0 saturated heterocycles. The molecule has 7 nitrogen and oxygen atoms in total. The fourth-order valence-corrected chi connectivity index (χ4v) is 1.29. The van der Waals surface area contributed by atoms with Crippen LogP contribution in [0.3, 0.4) is 0 Å². The Kier molecular flexibility index (Phi) is 5.08. The summed E-state index contributed by atoms with van der Waals surface area (Å²) in [6.45, 7) is 3.32. The summed E-state index contributed by atoms with van der Waals surface area (Å²) >= 11 is 0. The first-order valence-corrected chi connectivity index (χ1v) is 5.68. The van der Waals surface area contributed by atoms with E-state index in [1.165, 1.54) is 0 Å². The van der Waals surface area contributed by atoms with Crippen LogP contribution in [0.4, 0.5) is 24.9 Å². The number of carbonyl (C=O) groups excluding carboxylic acids is 1. The van der Waals surface area contributed by atoms with Crippen LogP contribution < -0.4 is 21.9 Å². The molecule has 0 unspecified atom stereocenters. The topological polar surface area (TPSA) is 105 Å². The van der Waals surface area contributed by atoms with Crippen LogP contribution in [0, 0.1) is 0 Å². The molecular weight excluding hydrogens is 277 g/mol. The Morgan fingerprint density at radius 2 is 2.05 bits per heavy atom. The number of nitrogens with two attached hydrogens (primary N) is 1. The minimum atomic E-state index is -4.63. The zero-order valence-electron chi connectivity index (χ0n) is 10.9. The van der Waals surface area contributed by atoms with Gasteiger partial charge in [0, 0.05) is 12.1 Å². The first-order chi connectivity index (χ1) is 9.22. The number of nitrogens with zero attached hydrogens (tertiary/aromatic N) is 2.